The van der Waals surface area contributed by atoms with Crippen molar-refractivity contribution < 1.29 is 18.8 Å². The van der Waals surface area contributed by atoms with E-state index < -0.39 is 17.5 Å². The number of fused-ring (bicyclic) bond motifs is 1. The first kappa shape index (κ1) is 25.2. The number of thiophene rings is 1. The van der Waals surface area contributed by atoms with E-state index in [4.69, 9.17) is 4.42 Å². The van der Waals surface area contributed by atoms with E-state index in [0.717, 1.165) is 10.8 Å². The molecule has 0 saturated heterocycles. The molecule has 0 aliphatic heterocycles. The lowest BCUT2D eigenvalue weighted by Gasteiger charge is -2.34. The van der Waals surface area contributed by atoms with Gasteiger partial charge in [0.15, 0.2) is 6.04 Å². The molecule has 0 spiro atoms. The second kappa shape index (κ2) is 10.8. The van der Waals surface area contributed by atoms with Crippen LogP contribution in [-0.2, 0) is 9.59 Å². The van der Waals surface area contributed by atoms with Gasteiger partial charge in [-0.25, -0.2) is 0 Å². The van der Waals surface area contributed by atoms with Gasteiger partial charge in [-0.3, -0.25) is 19.3 Å². The summed E-state index contributed by atoms with van der Waals surface area (Å²) in [5.41, 5.74) is 0.0531. The Morgan fingerprint density at radius 1 is 1.00 bits per heavy atom. The van der Waals surface area contributed by atoms with Crippen LogP contribution in [0.15, 0.2) is 82.8 Å². The van der Waals surface area contributed by atoms with Gasteiger partial charge >= 0.3 is 0 Å². The summed E-state index contributed by atoms with van der Waals surface area (Å²) in [5, 5.41) is 9.28. The van der Waals surface area contributed by atoms with Crippen LogP contribution in [0, 0.1) is 0 Å². The molecule has 3 amide bonds. The van der Waals surface area contributed by atoms with Crippen molar-refractivity contribution in [2.24, 2.45) is 0 Å². The van der Waals surface area contributed by atoms with Gasteiger partial charge < -0.3 is 15.1 Å². The second-order valence-corrected chi connectivity index (χ2v) is 10.0. The minimum Gasteiger partial charge on any atom is -0.467 e. The van der Waals surface area contributed by atoms with E-state index in [2.05, 4.69) is 10.6 Å². The van der Waals surface area contributed by atoms with Crippen LogP contribution in [0.25, 0.3) is 10.8 Å². The van der Waals surface area contributed by atoms with Gasteiger partial charge in [0.2, 0.25) is 5.91 Å². The highest BCUT2D eigenvalue weighted by atomic mass is 32.1. The summed E-state index contributed by atoms with van der Waals surface area (Å²) in [7, 11) is 0. The Morgan fingerprint density at radius 2 is 1.78 bits per heavy atom. The fourth-order valence-electron chi connectivity index (χ4n) is 3.88. The Morgan fingerprint density at radius 3 is 2.47 bits per heavy atom. The van der Waals surface area contributed by atoms with E-state index in [1.165, 1.54) is 22.5 Å². The first-order chi connectivity index (χ1) is 17.3. The van der Waals surface area contributed by atoms with Crippen molar-refractivity contribution in [2.75, 3.05) is 11.4 Å². The van der Waals surface area contributed by atoms with Gasteiger partial charge in [0.05, 0.1) is 23.4 Å². The molecule has 0 aliphatic carbocycles. The third-order valence-electron chi connectivity index (χ3n) is 6.10. The maximum atomic E-state index is 13.8. The van der Waals surface area contributed by atoms with Gasteiger partial charge in [0, 0.05) is 10.9 Å². The van der Waals surface area contributed by atoms with Crippen molar-refractivity contribution in [3.63, 3.8) is 0 Å². The van der Waals surface area contributed by atoms with Crippen LogP contribution < -0.4 is 15.5 Å². The van der Waals surface area contributed by atoms with E-state index in [-0.39, 0.29) is 18.4 Å². The Hall–Kier alpha value is -3.91. The average Bonchev–Trinajstić information content (AvgIpc) is 3.60. The molecule has 7 nitrogen and oxygen atoms in total. The topological polar surface area (TPSA) is 91.7 Å². The number of anilines is 1. The maximum Gasteiger partial charge on any atom is 0.261 e. The first-order valence-electron chi connectivity index (χ1n) is 11.8. The van der Waals surface area contributed by atoms with Crippen LogP contribution in [-0.4, -0.2) is 29.8 Å². The fraction of sp³-hybridized carbons (Fsp3) is 0.250. The second-order valence-electron chi connectivity index (χ2n) is 9.07. The summed E-state index contributed by atoms with van der Waals surface area (Å²) in [5.74, 6) is -0.836. The molecule has 0 bridgehead atoms. The standard InChI is InChI=1S/C28H29N3O4S/c1-4-28(2,3)30-27(34)25(22-14-8-16-35-22)31(21-13-7-11-19-10-5-6-12-20(19)21)24(32)18-29-26(33)23-15-9-17-36-23/h5-17,25H,4,18H2,1-3H3,(H,29,33)(H,30,34)/t25-/m0/s1. The largest absolute Gasteiger partial charge is 0.467 e. The number of nitrogens with zero attached hydrogens (tertiary/aromatic N) is 1. The Kier molecular flexibility index (Phi) is 7.55. The molecular weight excluding hydrogens is 474 g/mol. The SMILES string of the molecule is CCC(C)(C)NC(=O)[C@H](c1ccco1)N(C(=O)CNC(=O)c1cccs1)c1cccc2ccccc12. The zero-order valence-electron chi connectivity index (χ0n) is 20.5. The lowest BCUT2D eigenvalue weighted by atomic mass is 10.00. The highest BCUT2D eigenvalue weighted by Gasteiger charge is 2.37. The molecule has 0 radical (unpaired) electrons. The molecule has 0 aliphatic rings. The molecule has 2 aromatic heterocycles. The third kappa shape index (κ3) is 5.49. The molecule has 186 valence electrons. The molecule has 0 unspecified atom stereocenters. The van der Waals surface area contributed by atoms with Crippen LogP contribution >= 0.6 is 11.3 Å². The van der Waals surface area contributed by atoms with E-state index in [1.807, 2.05) is 57.2 Å². The van der Waals surface area contributed by atoms with Crippen molar-refractivity contribution in [2.45, 2.75) is 38.8 Å². The number of furan rings is 1. The van der Waals surface area contributed by atoms with Crippen LogP contribution in [0.1, 0.15) is 48.7 Å². The highest BCUT2D eigenvalue weighted by molar-refractivity contribution is 7.12. The fourth-order valence-corrected chi connectivity index (χ4v) is 4.52. The number of rotatable bonds is 9. The van der Waals surface area contributed by atoms with Crippen LogP contribution in [0.4, 0.5) is 5.69 Å². The zero-order valence-corrected chi connectivity index (χ0v) is 21.3. The number of amides is 3. The van der Waals surface area contributed by atoms with Gasteiger partial charge in [0.25, 0.3) is 11.8 Å². The Labute approximate surface area is 214 Å². The minimum atomic E-state index is -1.08. The van der Waals surface area contributed by atoms with E-state index in [1.54, 1.807) is 35.7 Å². The lowest BCUT2D eigenvalue weighted by molar-refractivity contribution is -0.127. The molecule has 8 heteroatoms. The smallest absolute Gasteiger partial charge is 0.261 e. The monoisotopic (exact) mass is 503 g/mol. The predicted molar refractivity (Wildman–Crippen MR) is 142 cm³/mol. The van der Waals surface area contributed by atoms with Gasteiger partial charge in [-0.1, -0.05) is 49.4 Å². The molecule has 2 heterocycles. The summed E-state index contributed by atoms with van der Waals surface area (Å²) < 4.78 is 5.67. The quantitative estimate of drug-likeness (QED) is 0.324. The zero-order chi connectivity index (χ0) is 25.7. The maximum absolute atomic E-state index is 13.8. The molecule has 2 aromatic carbocycles. The molecule has 1 atom stereocenters. The lowest BCUT2D eigenvalue weighted by Crippen LogP contribution is -2.52. The Balaban J connectivity index is 1.78. The van der Waals surface area contributed by atoms with Gasteiger partial charge in [-0.05, 0) is 55.3 Å². The number of nitrogens with one attached hydrogen (secondary N) is 2. The summed E-state index contributed by atoms with van der Waals surface area (Å²) in [6.07, 6.45) is 2.17. The Bertz CT molecular complexity index is 1340. The number of carbonyl (C=O) groups excluding carboxylic acids is 3. The van der Waals surface area contributed by atoms with E-state index >= 15 is 0 Å². The van der Waals surface area contributed by atoms with Gasteiger partial charge in [-0.15, -0.1) is 11.3 Å². The normalized spacial score (nSPS) is 12.2. The first-order valence-corrected chi connectivity index (χ1v) is 12.7. The van der Waals surface area contributed by atoms with E-state index in [0.29, 0.717) is 22.7 Å². The van der Waals surface area contributed by atoms with Crippen molar-refractivity contribution >= 4 is 45.5 Å². The molecule has 36 heavy (non-hydrogen) atoms. The summed E-state index contributed by atoms with van der Waals surface area (Å²) in [6, 6.07) is 19.0. The van der Waals surface area contributed by atoms with Crippen LogP contribution in [0.3, 0.4) is 0 Å². The molecule has 4 aromatic rings. The summed E-state index contributed by atoms with van der Waals surface area (Å²) in [4.78, 5) is 42.1. The molecule has 0 saturated carbocycles. The number of benzene rings is 2. The third-order valence-corrected chi connectivity index (χ3v) is 6.97. The number of carbonyl (C=O) groups is 3. The highest BCUT2D eigenvalue weighted by Crippen LogP contribution is 2.34. The molecule has 2 N–H and O–H groups in total. The van der Waals surface area contributed by atoms with Gasteiger partial charge in [-0.2, -0.15) is 0 Å². The molecular formula is C28H29N3O4S. The number of hydrogen-bond donors (Lipinski definition) is 2. The van der Waals surface area contributed by atoms with Crippen molar-refractivity contribution in [1.29, 1.82) is 0 Å². The molecule has 4 rings (SSSR count). The van der Waals surface area contributed by atoms with Crippen LogP contribution in [0.5, 0.6) is 0 Å². The van der Waals surface area contributed by atoms with E-state index in [9.17, 15) is 14.4 Å². The summed E-state index contributed by atoms with van der Waals surface area (Å²) >= 11 is 1.29. The summed E-state index contributed by atoms with van der Waals surface area (Å²) in [6.45, 7) is 5.54. The van der Waals surface area contributed by atoms with Crippen LogP contribution in [0.2, 0.25) is 0 Å². The van der Waals surface area contributed by atoms with Crippen molar-refractivity contribution in [3.05, 3.63) is 89.0 Å². The predicted octanol–water partition coefficient (Wildman–Crippen LogP) is 5.30. The minimum absolute atomic E-state index is 0.290. The average molecular weight is 504 g/mol. The van der Waals surface area contributed by atoms with Gasteiger partial charge in [0.1, 0.15) is 5.76 Å². The molecule has 0 fully saturated rings. The van der Waals surface area contributed by atoms with Crippen molar-refractivity contribution in [1.82, 2.24) is 10.6 Å². The van der Waals surface area contributed by atoms with Crippen molar-refractivity contribution in [3.8, 4) is 0 Å². The number of hydrogen-bond acceptors (Lipinski definition) is 5.